The number of sulfonamides is 1. The molecule has 0 bridgehead atoms. The number of nitro groups is 1. The smallest absolute Gasteiger partial charge is 0.258 e. The molecule has 0 spiro atoms. The number of aryl methyl sites for hydroxylation is 1. The molecule has 0 saturated heterocycles. The molecule has 2 aromatic rings. The van der Waals surface area contributed by atoms with Crippen LogP contribution in [0.3, 0.4) is 0 Å². The van der Waals surface area contributed by atoms with Gasteiger partial charge in [0.1, 0.15) is 5.82 Å². The number of rotatable bonds is 5. The number of nitrogens with one attached hydrogen (secondary N) is 1. The fraction of sp³-hybridized carbons (Fsp3) is 0.0714. The Morgan fingerprint density at radius 1 is 1.33 bits per heavy atom. The first-order valence-electron chi connectivity index (χ1n) is 6.46. The van der Waals surface area contributed by atoms with Gasteiger partial charge in [0.15, 0.2) is 0 Å². The summed E-state index contributed by atoms with van der Waals surface area (Å²) in [5.74, 6) is -0.670. The van der Waals surface area contributed by atoms with E-state index in [0.29, 0.717) is 5.56 Å². The summed E-state index contributed by atoms with van der Waals surface area (Å²) < 4.78 is 37.8. The standard InChI is InChI=1S/C14H11ClFN3O4S/c1-9-5-6-10(7-14(9)19(20)21)24(22,23)18-17-8-11-12(15)3-2-4-13(11)16/h2-8,18H,1H3/b17-8+. The molecule has 126 valence electrons. The van der Waals surface area contributed by atoms with E-state index < -0.39 is 20.8 Å². The highest BCUT2D eigenvalue weighted by Crippen LogP contribution is 2.22. The third-order valence-corrected chi connectivity index (χ3v) is 4.60. The third kappa shape index (κ3) is 3.87. The molecule has 0 aliphatic heterocycles. The van der Waals surface area contributed by atoms with Gasteiger partial charge in [0.25, 0.3) is 15.7 Å². The van der Waals surface area contributed by atoms with Gasteiger partial charge >= 0.3 is 0 Å². The molecule has 7 nitrogen and oxygen atoms in total. The highest BCUT2D eigenvalue weighted by Gasteiger charge is 2.19. The number of hydrogen-bond acceptors (Lipinski definition) is 5. The highest BCUT2D eigenvalue weighted by molar-refractivity contribution is 7.89. The minimum atomic E-state index is -4.15. The Balaban J connectivity index is 2.28. The molecule has 0 aliphatic rings. The number of benzene rings is 2. The topological polar surface area (TPSA) is 102 Å². The molecular weight excluding hydrogens is 361 g/mol. The van der Waals surface area contributed by atoms with Crippen LogP contribution in [0, 0.1) is 22.9 Å². The maximum atomic E-state index is 13.6. The molecule has 0 fully saturated rings. The summed E-state index contributed by atoms with van der Waals surface area (Å²) in [6.07, 6.45) is 0.915. The van der Waals surface area contributed by atoms with Gasteiger partial charge in [0.05, 0.1) is 21.1 Å². The Kier molecular flexibility index (Phi) is 5.15. The number of hydrazone groups is 1. The van der Waals surface area contributed by atoms with Crippen molar-refractivity contribution in [3.63, 3.8) is 0 Å². The van der Waals surface area contributed by atoms with Crippen molar-refractivity contribution in [1.29, 1.82) is 0 Å². The Labute approximate surface area is 142 Å². The number of nitrogens with zero attached hydrogens (tertiary/aromatic N) is 2. The van der Waals surface area contributed by atoms with Crippen molar-refractivity contribution < 1.29 is 17.7 Å². The van der Waals surface area contributed by atoms with E-state index in [9.17, 15) is 22.9 Å². The van der Waals surface area contributed by atoms with Crippen molar-refractivity contribution in [2.45, 2.75) is 11.8 Å². The fourth-order valence-corrected chi connectivity index (χ4v) is 2.82. The lowest BCUT2D eigenvalue weighted by Crippen LogP contribution is -2.18. The van der Waals surface area contributed by atoms with Crippen LogP contribution >= 0.6 is 11.6 Å². The summed E-state index contributed by atoms with van der Waals surface area (Å²) in [7, 11) is -4.15. The van der Waals surface area contributed by atoms with Crippen molar-refractivity contribution in [1.82, 2.24) is 4.83 Å². The molecule has 0 amide bonds. The van der Waals surface area contributed by atoms with Crippen LogP contribution in [0.25, 0.3) is 0 Å². The molecule has 0 atom stereocenters. The first kappa shape index (κ1) is 17.8. The first-order valence-corrected chi connectivity index (χ1v) is 8.32. The predicted molar refractivity (Wildman–Crippen MR) is 87.2 cm³/mol. The average Bonchev–Trinajstić information content (AvgIpc) is 2.50. The van der Waals surface area contributed by atoms with Crippen LogP contribution in [0.15, 0.2) is 46.4 Å². The van der Waals surface area contributed by atoms with Crippen LogP contribution in [0.4, 0.5) is 10.1 Å². The normalized spacial score (nSPS) is 11.6. The molecule has 0 unspecified atom stereocenters. The van der Waals surface area contributed by atoms with Gasteiger partial charge in [0.2, 0.25) is 0 Å². The SMILES string of the molecule is Cc1ccc(S(=O)(=O)N/N=C/c2c(F)cccc2Cl)cc1[N+](=O)[O-]. The maximum absolute atomic E-state index is 13.6. The van der Waals surface area contributed by atoms with Gasteiger partial charge in [-0.25, -0.2) is 9.22 Å². The van der Waals surface area contributed by atoms with Crippen LogP contribution in [0.5, 0.6) is 0 Å². The number of hydrogen-bond donors (Lipinski definition) is 1. The van der Waals surface area contributed by atoms with Crippen LogP contribution < -0.4 is 4.83 Å². The minimum Gasteiger partial charge on any atom is -0.258 e. The van der Waals surface area contributed by atoms with Gasteiger partial charge in [-0.05, 0) is 25.1 Å². The monoisotopic (exact) mass is 371 g/mol. The number of nitro benzene ring substituents is 1. The molecular formula is C14H11ClFN3O4S. The summed E-state index contributed by atoms with van der Waals surface area (Å²) >= 11 is 5.79. The predicted octanol–water partition coefficient (Wildman–Crippen LogP) is 3.01. The van der Waals surface area contributed by atoms with Crippen molar-refractivity contribution in [3.8, 4) is 0 Å². The molecule has 0 heterocycles. The van der Waals surface area contributed by atoms with E-state index in [1.165, 1.54) is 31.2 Å². The van der Waals surface area contributed by atoms with Gasteiger partial charge in [-0.15, -0.1) is 0 Å². The van der Waals surface area contributed by atoms with Crippen LogP contribution in [0.2, 0.25) is 5.02 Å². The van der Waals surface area contributed by atoms with Gasteiger partial charge in [-0.2, -0.15) is 13.5 Å². The summed E-state index contributed by atoms with van der Waals surface area (Å²) in [5.41, 5.74) is -0.101. The molecule has 0 radical (unpaired) electrons. The summed E-state index contributed by atoms with van der Waals surface area (Å²) in [6, 6.07) is 7.39. The molecule has 24 heavy (non-hydrogen) atoms. The summed E-state index contributed by atoms with van der Waals surface area (Å²) in [6.45, 7) is 1.49. The van der Waals surface area contributed by atoms with Crippen molar-refractivity contribution in [2.75, 3.05) is 0 Å². The zero-order valence-electron chi connectivity index (χ0n) is 12.2. The average molecular weight is 372 g/mol. The van der Waals surface area contributed by atoms with Crippen LogP contribution in [0.1, 0.15) is 11.1 Å². The zero-order valence-corrected chi connectivity index (χ0v) is 13.8. The quantitative estimate of drug-likeness (QED) is 0.495. The Morgan fingerprint density at radius 3 is 2.67 bits per heavy atom. The Hall–Kier alpha value is -2.52. The van der Waals surface area contributed by atoms with E-state index in [1.807, 2.05) is 4.83 Å². The zero-order chi connectivity index (χ0) is 17.9. The summed E-state index contributed by atoms with van der Waals surface area (Å²) in [4.78, 5) is 11.7. The van der Waals surface area contributed by atoms with Crippen molar-refractivity contribution >= 4 is 33.5 Å². The third-order valence-electron chi connectivity index (χ3n) is 3.05. The van der Waals surface area contributed by atoms with Crippen molar-refractivity contribution in [2.24, 2.45) is 5.10 Å². The maximum Gasteiger partial charge on any atom is 0.276 e. The van der Waals surface area contributed by atoms with E-state index in [-0.39, 0.29) is 21.2 Å². The minimum absolute atomic E-state index is 0.0592. The highest BCUT2D eigenvalue weighted by atomic mass is 35.5. The van der Waals surface area contributed by atoms with E-state index >= 15 is 0 Å². The lowest BCUT2D eigenvalue weighted by molar-refractivity contribution is -0.385. The van der Waals surface area contributed by atoms with E-state index in [4.69, 9.17) is 11.6 Å². The van der Waals surface area contributed by atoms with E-state index in [2.05, 4.69) is 5.10 Å². The molecule has 0 aromatic heterocycles. The van der Waals surface area contributed by atoms with Crippen molar-refractivity contribution in [3.05, 3.63) is 68.5 Å². The molecule has 2 aromatic carbocycles. The van der Waals surface area contributed by atoms with Gasteiger partial charge in [-0.3, -0.25) is 10.1 Å². The van der Waals surface area contributed by atoms with E-state index in [1.54, 1.807) is 0 Å². The lowest BCUT2D eigenvalue weighted by atomic mass is 10.2. The second kappa shape index (κ2) is 6.93. The van der Waals surface area contributed by atoms with Crippen LogP contribution in [-0.4, -0.2) is 19.6 Å². The van der Waals surface area contributed by atoms with Crippen LogP contribution in [-0.2, 0) is 10.0 Å². The van der Waals surface area contributed by atoms with Gasteiger partial charge < -0.3 is 0 Å². The second-order valence-corrected chi connectivity index (χ2v) is 6.76. The lowest BCUT2D eigenvalue weighted by Gasteiger charge is -2.05. The van der Waals surface area contributed by atoms with Gasteiger partial charge in [-0.1, -0.05) is 23.7 Å². The molecule has 2 rings (SSSR count). The second-order valence-electron chi connectivity index (χ2n) is 4.69. The molecule has 10 heteroatoms. The molecule has 0 aliphatic carbocycles. The molecule has 1 N–H and O–H groups in total. The molecule has 0 saturated carbocycles. The van der Waals surface area contributed by atoms with E-state index in [0.717, 1.165) is 18.3 Å². The summed E-state index contributed by atoms with van der Waals surface area (Å²) in [5, 5.41) is 14.4. The first-order chi connectivity index (χ1) is 11.2. The van der Waals surface area contributed by atoms with Gasteiger partial charge in [0, 0.05) is 17.2 Å². The Morgan fingerprint density at radius 2 is 2.04 bits per heavy atom. The Bertz CT molecular complexity index is 911. The largest absolute Gasteiger partial charge is 0.276 e. The number of halogens is 2. The fourth-order valence-electron chi connectivity index (χ4n) is 1.80.